The Morgan fingerprint density at radius 2 is 2.21 bits per heavy atom. The quantitative estimate of drug-likeness (QED) is 0.850. The lowest BCUT2D eigenvalue weighted by molar-refractivity contribution is 0.0681. The molecule has 0 saturated heterocycles. The highest BCUT2D eigenvalue weighted by molar-refractivity contribution is 9.10. The highest BCUT2D eigenvalue weighted by Gasteiger charge is 2.23. The van der Waals surface area contributed by atoms with Crippen LogP contribution in [0.5, 0.6) is 0 Å². The van der Waals surface area contributed by atoms with Crippen LogP contribution in [-0.4, -0.2) is 16.1 Å². The van der Waals surface area contributed by atoms with Crippen LogP contribution in [0.25, 0.3) is 0 Å². The van der Waals surface area contributed by atoms with Crippen LogP contribution in [0, 0.1) is 0 Å². The number of nitrogens with zero attached hydrogens (tertiary/aromatic N) is 1. The van der Waals surface area contributed by atoms with Crippen molar-refractivity contribution in [3.8, 4) is 0 Å². The van der Waals surface area contributed by atoms with Crippen LogP contribution >= 0.6 is 27.5 Å². The first-order valence-corrected chi connectivity index (χ1v) is 4.48. The van der Waals surface area contributed by atoms with Gasteiger partial charge in [0.15, 0.2) is 0 Å². The molecule has 14 heavy (non-hydrogen) atoms. The number of rotatable bonds is 2. The molecule has 1 rings (SSSR count). The Morgan fingerprint density at radius 3 is 2.64 bits per heavy atom. The molecule has 0 aliphatic rings. The Bertz CT molecular complexity index is 386. The number of carboxylic acid groups (broad SMARTS) is 1. The number of aromatic carboxylic acids is 1. The van der Waals surface area contributed by atoms with E-state index in [4.69, 9.17) is 16.7 Å². The molecular formula is C7H3BrClF2NO2. The lowest BCUT2D eigenvalue weighted by Crippen LogP contribution is -2.06. The first kappa shape index (κ1) is 11.3. The molecule has 0 aliphatic heterocycles. The molecule has 0 unspecified atom stereocenters. The molecule has 0 aliphatic carbocycles. The molecule has 0 saturated carbocycles. The number of halogens is 4. The lowest BCUT2D eigenvalue weighted by Gasteiger charge is -2.06. The van der Waals surface area contributed by atoms with Crippen molar-refractivity contribution in [2.75, 3.05) is 0 Å². The van der Waals surface area contributed by atoms with Gasteiger partial charge in [-0.3, -0.25) is 0 Å². The zero-order valence-electron chi connectivity index (χ0n) is 6.47. The van der Waals surface area contributed by atoms with Gasteiger partial charge in [0, 0.05) is 4.47 Å². The molecule has 1 heterocycles. The van der Waals surface area contributed by atoms with E-state index in [0.717, 1.165) is 6.07 Å². The number of hydrogen-bond donors (Lipinski definition) is 1. The average Bonchev–Trinajstić information content (AvgIpc) is 2.01. The number of carbonyl (C=O) groups is 1. The van der Waals surface area contributed by atoms with E-state index in [1.165, 1.54) is 0 Å². The van der Waals surface area contributed by atoms with Crippen molar-refractivity contribution >= 4 is 33.5 Å². The fraction of sp³-hybridized carbons (Fsp3) is 0.143. The molecule has 7 heteroatoms. The normalized spacial score (nSPS) is 10.6. The van der Waals surface area contributed by atoms with E-state index in [-0.39, 0.29) is 9.63 Å². The SMILES string of the molecule is O=C(O)c1c(Br)cc(Cl)nc1C(F)F. The molecule has 0 radical (unpaired) electrons. The molecular weight excluding hydrogens is 283 g/mol. The van der Waals surface area contributed by atoms with Crippen molar-refractivity contribution in [2.45, 2.75) is 6.43 Å². The Kier molecular flexibility index (Phi) is 3.38. The van der Waals surface area contributed by atoms with Gasteiger partial charge in [0.25, 0.3) is 6.43 Å². The van der Waals surface area contributed by atoms with E-state index < -0.39 is 23.7 Å². The number of hydrogen-bond acceptors (Lipinski definition) is 2. The van der Waals surface area contributed by atoms with Gasteiger partial charge in [0.05, 0.1) is 0 Å². The fourth-order valence-electron chi connectivity index (χ4n) is 0.872. The van der Waals surface area contributed by atoms with Gasteiger partial charge in [-0.15, -0.1) is 0 Å². The van der Waals surface area contributed by atoms with Gasteiger partial charge in [-0.05, 0) is 22.0 Å². The van der Waals surface area contributed by atoms with Gasteiger partial charge in [-0.1, -0.05) is 11.6 Å². The number of alkyl halides is 2. The summed E-state index contributed by atoms with van der Waals surface area (Å²) in [5.74, 6) is -1.48. The second-order valence-electron chi connectivity index (χ2n) is 2.29. The van der Waals surface area contributed by atoms with Crippen LogP contribution in [0.15, 0.2) is 10.5 Å². The van der Waals surface area contributed by atoms with Crippen LogP contribution < -0.4 is 0 Å². The van der Waals surface area contributed by atoms with Crippen LogP contribution in [-0.2, 0) is 0 Å². The summed E-state index contributed by atoms with van der Waals surface area (Å²) in [6.45, 7) is 0. The fourth-order valence-corrected chi connectivity index (χ4v) is 1.79. The molecule has 0 spiro atoms. The van der Waals surface area contributed by atoms with Crippen molar-refractivity contribution in [1.29, 1.82) is 0 Å². The highest BCUT2D eigenvalue weighted by Crippen LogP contribution is 2.29. The molecule has 0 fully saturated rings. The van der Waals surface area contributed by atoms with Crippen molar-refractivity contribution in [3.05, 3.63) is 26.9 Å². The number of carboxylic acids is 1. The van der Waals surface area contributed by atoms with Crippen molar-refractivity contribution in [2.24, 2.45) is 0 Å². The summed E-state index contributed by atoms with van der Waals surface area (Å²) in [4.78, 5) is 13.9. The molecule has 3 nitrogen and oxygen atoms in total. The topological polar surface area (TPSA) is 50.2 Å². The first-order chi connectivity index (χ1) is 6.43. The number of pyridine rings is 1. The highest BCUT2D eigenvalue weighted by atomic mass is 79.9. The third-order valence-corrected chi connectivity index (χ3v) is 2.21. The summed E-state index contributed by atoms with van der Waals surface area (Å²) in [6.07, 6.45) is -2.98. The van der Waals surface area contributed by atoms with E-state index in [0.29, 0.717) is 0 Å². The summed E-state index contributed by atoms with van der Waals surface area (Å²) in [7, 11) is 0. The third-order valence-electron chi connectivity index (χ3n) is 1.39. The summed E-state index contributed by atoms with van der Waals surface area (Å²) >= 11 is 8.23. The minimum Gasteiger partial charge on any atom is -0.478 e. The minimum atomic E-state index is -2.98. The molecule has 1 aromatic rings. The van der Waals surface area contributed by atoms with Crippen LogP contribution in [0.1, 0.15) is 22.5 Å². The standard InChI is InChI=1S/C7H3BrClF2NO2/c8-2-1-3(9)12-5(6(10)11)4(2)7(13)14/h1,6H,(H,13,14). The maximum Gasteiger partial charge on any atom is 0.338 e. The molecule has 0 aromatic carbocycles. The maximum absolute atomic E-state index is 12.3. The summed E-state index contributed by atoms with van der Waals surface area (Å²) < 4.78 is 24.7. The smallest absolute Gasteiger partial charge is 0.338 e. The minimum absolute atomic E-state index is 0.0136. The molecule has 0 atom stereocenters. The third kappa shape index (κ3) is 2.19. The lowest BCUT2D eigenvalue weighted by atomic mass is 10.2. The van der Waals surface area contributed by atoms with Crippen molar-refractivity contribution in [3.63, 3.8) is 0 Å². The van der Waals surface area contributed by atoms with Gasteiger partial charge in [0.2, 0.25) is 0 Å². The van der Waals surface area contributed by atoms with Crippen LogP contribution in [0.2, 0.25) is 5.15 Å². The largest absolute Gasteiger partial charge is 0.478 e. The zero-order chi connectivity index (χ0) is 10.9. The molecule has 1 aromatic heterocycles. The van der Waals surface area contributed by atoms with Crippen molar-refractivity contribution < 1.29 is 18.7 Å². The van der Waals surface area contributed by atoms with E-state index in [1.54, 1.807) is 0 Å². The van der Waals surface area contributed by atoms with E-state index in [1.807, 2.05) is 0 Å². The molecule has 0 bridgehead atoms. The van der Waals surface area contributed by atoms with E-state index >= 15 is 0 Å². The van der Waals surface area contributed by atoms with Gasteiger partial charge in [0.1, 0.15) is 16.4 Å². The molecule has 0 amide bonds. The number of aromatic nitrogens is 1. The van der Waals surface area contributed by atoms with Crippen molar-refractivity contribution in [1.82, 2.24) is 4.98 Å². The Hall–Kier alpha value is -0.750. The predicted octanol–water partition coefficient (Wildman–Crippen LogP) is 3.13. The predicted molar refractivity (Wildman–Crippen MR) is 48.9 cm³/mol. The van der Waals surface area contributed by atoms with Crippen LogP contribution in [0.4, 0.5) is 8.78 Å². The first-order valence-electron chi connectivity index (χ1n) is 3.31. The Labute approximate surface area is 90.8 Å². The van der Waals surface area contributed by atoms with Gasteiger partial charge >= 0.3 is 5.97 Å². The van der Waals surface area contributed by atoms with E-state index in [2.05, 4.69) is 20.9 Å². The van der Waals surface area contributed by atoms with Gasteiger partial charge < -0.3 is 5.11 Å². The zero-order valence-corrected chi connectivity index (χ0v) is 8.81. The van der Waals surface area contributed by atoms with E-state index in [9.17, 15) is 13.6 Å². The second kappa shape index (κ2) is 4.18. The van der Waals surface area contributed by atoms with Gasteiger partial charge in [-0.25, -0.2) is 18.6 Å². The summed E-state index contributed by atoms with van der Waals surface area (Å²) in [5, 5.41) is 8.46. The molecule has 76 valence electrons. The maximum atomic E-state index is 12.3. The average molecular weight is 286 g/mol. The summed E-state index contributed by atoms with van der Waals surface area (Å²) in [6, 6.07) is 1.15. The molecule has 1 N–H and O–H groups in total. The van der Waals surface area contributed by atoms with Crippen LogP contribution in [0.3, 0.4) is 0 Å². The summed E-state index contributed by atoms with van der Waals surface area (Å²) in [5.41, 5.74) is -1.40. The Balaban J connectivity index is 3.44. The second-order valence-corrected chi connectivity index (χ2v) is 3.53. The monoisotopic (exact) mass is 285 g/mol. The Morgan fingerprint density at radius 1 is 1.64 bits per heavy atom. The van der Waals surface area contributed by atoms with Gasteiger partial charge in [-0.2, -0.15) is 0 Å².